The third-order valence-corrected chi connectivity index (χ3v) is 3.35. The number of nitrogens with one attached hydrogen (secondary N) is 1. The summed E-state index contributed by atoms with van der Waals surface area (Å²) < 4.78 is 0.557. The fourth-order valence-corrected chi connectivity index (χ4v) is 2.35. The van der Waals surface area contributed by atoms with E-state index in [1.807, 2.05) is 24.3 Å². The van der Waals surface area contributed by atoms with E-state index in [2.05, 4.69) is 20.3 Å². The number of oxime groups is 1. The van der Waals surface area contributed by atoms with Crippen molar-refractivity contribution in [1.29, 1.82) is 0 Å². The van der Waals surface area contributed by atoms with Crippen LogP contribution in [0.25, 0.3) is 0 Å². The highest BCUT2D eigenvalue weighted by atomic mass is 35.5. The fourth-order valence-electron chi connectivity index (χ4n) is 1.43. The molecule has 94 valence electrons. The lowest BCUT2D eigenvalue weighted by Crippen LogP contribution is -2.00. The van der Waals surface area contributed by atoms with Crippen molar-refractivity contribution in [3.8, 4) is 0 Å². The zero-order valence-electron chi connectivity index (χ0n) is 9.76. The first kappa shape index (κ1) is 12.9. The zero-order valence-corrected chi connectivity index (χ0v) is 11.3. The molecule has 0 saturated carbocycles. The Hall–Kier alpha value is -1.59. The van der Waals surface area contributed by atoms with Crippen molar-refractivity contribution in [2.45, 2.75) is 6.54 Å². The van der Waals surface area contributed by atoms with Gasteiger partial charge >= 0.3 is 0 Å². The van der Waals surface area contributed by atoms with Gasteiger partial charge in [0.05, 0.1) is 12.8 Å². The van der Waals surface area contributed by atoms with Crippen molar-refractivity contribution in [3.63, 3.8) is 0 Å². The van der Waals surface area contributed by atoms with Crippen molar-refractivity contribution in [1.82, 2.24) is 4.98 Å². The van der Waals surface area contributed by atoms with E-state index in [-0.39, 0.29) is 0 Å². The van der Waals surface area contributed by atoms with E-state index in [9.17, 15) is 0 Å². The van der Waals surface area contributed by atoms with Crippen molar-refractivity contribution < 1.29 is 4.84 Å². The molecule has 0 aliphatic heterocycles. The summed E-state index contributed by atoms with van der Waals surface area (Å²) in [5.74, 6) is 0. The van der Waals surface area contributed by atoms with Crippen LogP contribution in [0.3, 0.4) is 0 Å². The number of aromatic nitrogens is 1. The molecule has 0 aliphatic carbocycles. The fraction of sp³-hybridized carbons (Fsp3) is 0.167. The Bertz CT molecular complexity index is 542. The van der Waals surface area contributed by atoms with Crippen LogP contribution < -0.4 is 5.32 Å². The average molecular weight is 282 g/mol. The number of hydrogen-bond donors (Lipinski definition) is 1. The number of para-hydroxylation sites is 1. The number of thiazole rings is 1. The number of rotatable bonds is 5. The van der Waals surface area contributed by atoms with Crippen LogP contribution in [0.15, 0.2) is 35.6 Å². The SMILES string of the molecule is CON=Cc1ccccc1NCc1cnc(Cl)s1. The van der Waals surface area contributed by atoms with Crippen LogP contribution in [0.4, 0.5) is 5.69 Å². The summed E-state index contributed by atoms with van der Waals surface area (Å²) in [7, 11) is 1.52. The van der Waals surface area contributed by atoms with E-state index in [1.165, 1.54) is 18.4 Å². The van der Waals surface area contributed by atoms with Crippen LogP contribution in [-0.2, 0) is 11.4 Å². The van der Waals surface area contributed by atoms with Crippen molar-refractivity contribution in [3.05, 3.63) is 45.4 Å². The van der Waals surface area contributed by atoms with E-state index >= 15 is 0 Å². The third-order valence-electron chi connectivity index (χ3n) is 2.24. The van der Waals surface area contributed by atoms with Gasteiger partial charge in [0, 0.05) is 22.3 Å². The largest absolute Gasteiger partial charge is 0.399 e. The molecular weight excluding hydrogens is 270 g/mol. The molecule has 1 heterocycles. The van der Waals surface area contributed by atoms with Crippen LogP contribution in [0.5, 0.6) is 0 Å². The monoisotopic (exact) mass is 281 g/mol. The molecule has 1 N–H and O–H groups in total. The molecule has 0 unspecified atom stereocenters. The second kappa shape index (κ2) is 6.37. The highest BCUT2D eigenvalue weighted by Crippen LogP contribution is 2.20. The summed E-state index contributed by atoms with van der Waals surface area (Å²) >= 11 is 7.25. The minimum Gasteiger partial charge on any atom is -0.399 e. The average Bonchev–Trinajstić information content (AvgIpc) is 2.81. The molecule has 0 fully saturated rings. The number of benzene rings is 1. The summed E-state index contributed by atoms with van der Waals surface area (Å²) in [5, 5.41) is 7.08. The predicted octanol–water partition coefficient (Wildman–Crippen LogP) is 3.39. The molecule has 1 aromatic carbocycles. The summed E-state index contributed by atoms with van der Waals surface area (Å²) in [5.41, 5.74) is 1.96. The molecule has 0 atom stereocenters. The maximum absolute atomic E-state index is 5.78. The molecule has 0 radical (unpaired) electrons. The third kappa shape index (κ3) is 3.45. The Labute approximate surface area is 114 Å². The lowest BCUT2D eigenvalue weighted by atomic mass is 10.2. The Kier molecular flexibility index (Phi) is 4.55. The van der Waals surface area contributed by atoms with Crippen molar-refractivity contribution in [2.75, 3.05) is 12.4 Å². The van der Waals surface area contributed by atoms with Gasteiger partial charge in [0.2, 0.25) is 0 Å². The molecule has 0 amide bonds. The first-order valence-electron chi connectivity index (χ1n) is 5.29. The number of anilines is 1. The molecule has 0 aliphatic rings. The normalized spacial score (nSPS) is 10.8. The molecule has 18 heavy (non-hydrogen) atoms. The van der Waals surface area contributed by atoms with Crippen LogP contribution in [-0.4, -0.2) is 18.3 Å². The minimum atomic E-state index is 0.557. The molecule has 6 heteroatoms. The standard InChI is InChI=1S/C12H12ClN3OS/c1-17-16-6-9-4-2-3-5-11(9)14-7-10-8-15-12(13)18-10/h2-6,8,14H,7H2,1H3. The van der Waals surface area contributed by atoms with E-state index in [1.54, 1.807) is 12.4 Å². The van der Waals surface area contributed by atoms with Crippen molar-refractivity contribution >= 4 is 34.8 Å². The second-order valence-electron chi connectivity index (χ2n) is 3.44. The van der Waals surface area contributed by atoms with Gasteiger partial charge < -0.3 is 10.2 Å². The second-order valence-corrected chi connectivity index (χ2v) is 5.13. The maximum Gasteiger partial charge on any atom is 0.183 e. The van der Waals surface area contributed by atoms with E-state index in [4.69, 9.17) is 11.6 Å². The van der Waals surface area contributed by atoms with Gasteiger partial charge in [-0.1, -0.05) is 35.0 Å². The molecule has 2 rings (SSSR count). The van der Waals surface area contributed by atoms with Crippen LogP contribution in [0.1, 0.15) is 10.4 Å². The van der Waals surface area contributed by atoms with Crippen LogP contribution in [0.2, 0.25) is 4.47 Å². The highest BCUT2D eigenvalue weighted by Gasteiger charge is 2.02. The zero-order chi connectivity index (χ0) is 12.8. The highest BCUT2D eigenvalue weighted by molar-refractivity contribution is 7.15. The predicted molar refractivity (Wildman–Crippen MR) is 75.5 cm³/mol. The molecule has 4 nitrogen and oxygen atoms in total. The number of halogens is 1. The van der Waals surface area contributed by atoms with Crippen LogP contribution >= 0.6 is 22.9 Å². The maximum atomic E-state index is 5.78. The van der Waals surface area contributed by atoms with E-state index < -0.39 is 0 Å². The number of nitrogens with zero attached hydrogens (tertiary/aromatic N) is 2. The lowest BCUT2D eigenvalue weighted by molar-refractivity contribution is 0.215. The minimum absolute atomic E-state index is 0.557. The van der Waals surface area contributed by atoms with Gasteiger partial charge in [0.25, 0.3) is 0 Å². The Morgan fingerprint density at radius 1 is 1.50 bits per heavy atom. The van der Waals surface area contributed by atoms with Gasteiger partial charge in [-0.15, -0.1) is 11.3 Å². The molecule has 0 saturated heterocycles. The Morgan fingerprint density at radius 3 is 3.06 bits per heavy atom. The van der Waals surface area contributed by atoms with Gasteiger partial charge in [-0.2, -0.15) is 0 Å². The summed E-state index contributed by atoms with van der Waals surface area (Å²) in [4.78, 5) is 9.76. The van der Waals surface area contributed by atoms with E-state index in [0.29, 0.717) is 11.0 Å². The van der Waals surface area contributed by atoms with Crippen LogP contribution in [0, 0.1) is 0 Å². The molecular formula is C12H12ClN3OS. The van der Waals surface area contributed by atoms with E-state index in [0.717, 1.165) is 16.1 Å². The number of hydrogen-bond acceptors (Lipinski definition) is 5. The smallest absolute Gasteiger partial charge is 0.183 e. The van der Waals surface area contributed by atoms with Gasteiger partial charge in [-0.05, 0) is 6.07 Å². The molecule has 1 aromatic heterocycles. The first-order chi connectivity index (χ1) is 8.79. The van der Waals surface area contributed by atoms with Gasteiger partial charge in [0.15, 0.2) is 4.47 Å². The van der Waals surface area contributed by atoms with Gasteiger partial charge in [-0.3, -0.25) is 0 Å². The quantitative estimate of drug-likeness (QED) is 0.675. The lowest BCUT2D eigenvalue weighted by Gasteiger charge is -2.07. The topological polar surface area (TPSA) is 46.5 Å². The van der Waals surface area contributed by atoms with Gasteiger partial charge in [-0.25, -0.2) is 4.98 Å². The summed E-state index contributed by atoms with van der Waals surface area (Å²) in [6.45, 7) is 0.683. The van der Waals surface area contributed by atoms with Gasteiger partial charge in [0.1, 0.15) is 7.11 Å². The summed E-state index contributed by atoms with van der Waals surface area (Å²) in [6.07, 6.45) is 3.44. The molecule has 0 spiro atoms. The Morgan fingerprint density at radius 2 is 2.33 bits per heavy atom. The Balaban J connectivity index is 2.06. The van der Waals surface area contributed by atoms with Crippen molar-refractivity contribution in [2.24, 2.45) is 5.16 Å². The summed E-state index contributed by atoms with van der Waals surface area (Å²) in [6, 6.07) is 7.86. The molecule has 0 bridgehead atoms. The molecule has 2 aromatic rings. The first-order valence-corrected chi connectivity index (χ1v) is 6.48.